The van der Waals surface area contributed by atoms with Crippen LogP contribution in [0.25, 0.3) is 0 Å². The Hall–Kier alpha value is -2.34. The van der Waals surface area contributed by atoms with Crippen molar-refractivity contribution >= 4 is 5.91 Å². The van der Waals surface area contributed by atoms with Gasteiger partial charge < -0.3 is 14.2 Å². The molecule has 1 aliphatic heterocycles. The number of hydrogen-bond acceptors (Lipinski definition) is 5. The van der Waals surface area contributed by atoms with E-state index in [1.807, 2.05) is 30.0 Å². The molecule has 6 nitrogen and oxygen atoms in total. The van der Waals surface area contributed by atoms with Crippen LogP contribution in [0.1, 0.15) is 50.6 Å². The van der Waals surface area contributed by atoms with Crippen LogP contribution in [0.15, 0.2) is 34.9 Å². The van der Waals surface area contributed by atoms with Gasteiger partial charge in [0.25, 0.3) is 0 Å². The van der Waals surface area contributed by atoms with Crippen LogP contribution in [0.4, 0.5) is 0 Å². The first-order valence-corrected chi connectivity index (χ1v) is 10.5. The summed E-state index contributed by atoms with van der Waals surface area (Å²) < 4.78 is 11.1. The Bertz CT molecular complexity index is 784. The number of carbonyl (C=O) groups is 1. The molecular weight excluding hydrogens is 366 g/mol. The van der Waals surface area contributed by atoms with Crippen LogP contribution in [0.5, 0.6) is 5.75 Å². The van der Waals surface area contributed by atoms with Gasteiger partial charge in [-0.2, -0.15) is 0 Å². The van der Waals surface area contributed by atoms with Crippen molar-refractivity contribution in [3.8, 4) is 5.75 Å². The lowest BCUT2D eigenvalue weighted by molar-refractivity contribution is -0.133. The zero-order valence-electron chi connectivity index (χ0n) is 18.1. The van der Waals surface area contributed by atoms with Crippen LogP contribution < -0.4 is 4.74 Å². The number of benzene rings is 1. The van der Waals surface area contributed by atoms with E-state index in [0.717, 1.165) is 56.3 Å². The SMILES string of the molecule is Cc1cc(CN2CCN(C(=O)CCCOc3ccc(C(C)(C)C)cc3)CC2)on1. The van der Waals surface area contributed by atoms with Gasteiger partial charge in [-0.05, 0) is 36.5 Å². The molecule has 0 N–H and O–H groups in total. The first kappa shape index (κ1) is 21.4. The zero-order valence-corrected chi connectivity index (χ0v) is 18.1. The Morgan fingerprint density at radius 3 is 2.41 bits per heavy atom. The number of nitrogens with zero attached hydrogens (tertiary/aromatic N) is 3. The van der Waals surface area contributed by atoms with Gasteiger partial charge in [0.15, 0.2) is 5.76 Å². The van der Waals surface area contributed by atoms with E-state index in [1.54, 1.807) is 0 Å². The molecule has 0 aliphatic carbocycles. The number of aryl methyl sites for hydroxylation is 1. The van der Waals surface area contributed by atoms with Crippen molar-refractivity contribution in [2.75, 3.05) is 32.8 Å². The molecule has 1 fully saturated rings. The number of ether oxygens (including phenoxy) is 1. The Balaban J connectivity index is 1.33. The smallest absolute Gasteiger partial charge is 0.222 e. The third-order valence-electron chi connectivity index (χ3n) is 5.31. The van der Waals surface area contributed by atoms with E-state index in [4.69, 9.17) is 9.26 Å². The molecule has 1 aromatic carbocycles. The van der Waals surface area contributed by atoms with E-state index in [1.165, 1.54) is 5.56 Å². The van der Waals surface area contributed by atoms with E-state index in [0.29, 0.717) is 13.0 Å². The third-order valence-corrected chi connectivity index (χ3v) is 5.31. The van der Waals surface area contributed by atoms with Gasteiger partial charge in [-0.15, -0.1) is 0 Å². The molecule has 2 heterocycles. The average Bonchev–Trinajstić information content (AvgIpc) is 3.10. The molecule has 0 unspecified atom stereocenters. The minimum Gasteiger partial charge on any atom is -0.494 e. The molecule has 6 heteroatoms. The van der Waals surface area contributed by atoms with Crippen LogP contribution in [0.2, 0.25) is 0 Å². The Kier molecular flexibility index (Phi) is 6.96. The molecule has 1 amide bonds. The molecule has 3 rings (SSSR count). The van der Waals surface area contributed by atoms with Crippen LogP contribution in [0, 0.1) is 6.92 Å². The van der Waals surface area contributed by atoms with E-state index in [9.17, 15) is 4.79 Å². The highest BCUT2D eigenvalue weighted by Gasteiger charge is 2.21. The quantitative estimate of drug-likeness (QED) is 0.663. The molecule has 1 saturated heterocycles. The molecule has 2 aromatic rings. The van der Waals surface area contributed by atoms with Gasteiger partial charge >= 0.3 is 0 Å². The maximum atomic E-state index is 12.5. The maximum absolute atomic E-state index is 12.5. The van der Waals surface area contributed by atoms with Crippen molar-refractivity contribution in [3.63, 3.8) is 0 Å². The highest BCUT2D eigenvalue weighted by molar-refractivity contribution is 5.76. The van der Waals surface area contributed by atoms with Crippen molar-refractivity contribution in [2.24, 2.45) is 0 Å². The summed E-state index contributed by atoms with van der Waals surface area (Å²) >= 11 is 0. The van der Waals surface area contributed by atoms with Crippen molar-refractivity contribution in [2.45, 2.75) is 52.5 Å². The van der Waals surface area contributed by atoms with Crippen molar-refractivity contribution in [1.82, 2.24) is 15.0 Å². The molecule has 0 saturated carbocycles. The van der Waals surface area contributed by atoms with E-state index in [2.05, 4.69) is 43.0 Å². The standard InChI is InChI=1S/C23H33N3O3/c1-18-16-21(29-24-18)17-25-11-13-26(14-12-25)22(27)6-5-15-28-20-9-7-19(8-10-20)23(2,3)4/h7-10,16H,5-6,11-15,17H2,1-4H3. The number of hydrogen-bond donors (Lipinski definition) is 0. The fourth-order valence-electron chi connectivity index (χ4n) is 3.49. The minimum atomic E-state index is 0.142. The average molecular weight is 400 g/mol. The summed E-state index contributed by atoms with van der Waals surface area (Å²) in [5.41, 5.74) is 2.33. The Labute approximate surface area is 173 Å². The van der Waals surface area contributed by atoms with Gasteiger partial charge in [0.1, 0.15) is 5.75 Å². The van der Waals surface area contributed by atoms with Crippen molar-refractivity contribution < 1.29 is 14.1 Å². The fraction of sp³-hybridized carbons (Fsp3) is 0.565. The maximum Gasteiger partial charge on any atom is 0.222 e. The summed E-state index contributed by atoms with van der Waals surface area (Å²) in [5.74, 6) is 1.96. The normalized spacial score (nSPS) is 15.5. The molecule has 1 aliphatic rings. The minimum absolute atomic E-state index is 0.142. The van der Waals surface area contributed by atoms with Gasteiger partial charge in [-0.3, -0.25) is 9.69 Å². The molecule has 158 valence electrons. The first-order valence-electron chi connectivity index (χ1n) is 10.5. The fourth-order valence-corrected chi connectivity index (χ4v) is 3.49. The van der Waals surface area contributed by atoms with Crippen LogP contribution in [0.3, 0.4) is 0 Å². The van der Waals surface area contributed by atoms with Gasteiger partial charge in [0.2, 0.25) is 5.91 Å². The summed E-state index contributed by atoms with van der Waals surface area (Å²) in [7, 11) is 0. The lowest BCUT2D eigenvalue weighted by Crippen LogP contribution is -2.48. The second kappa shape index (κ2) is 9.44. The number of rotatable bonds is 7. The molecule has 0 atom stereocenters. The second-order valence-corrected chi connectivity index (χ2v) is 8.82. The second-order valence-electron chi connectivity index (χ2n) is 8.82. The topological polar surface area (TPSA) is 58.8 Å². The molecule has 0 bridgehead atoms. The predicted molar refractivity (Wildman–Crippen MR) is 113 cm³/mol. The number of piperazine rings is 1. The Morgan fingerprint density at radius 1 is 1.14 bits per heavy atom. The Morgan fingerprint density at radius 2 is 1.83 bits per heavy atom. The largest absolute Gasteiger partial charge is 0.494 e. The highest BCUT2D eigenvalue weighted by atomic mass is 16.5. The molecule has 1 aromatic heterocycles. The first-order chi connectivity index (χ1) is 13.8. The zero-order chi connectivity index (χ0) is 20.9. The lowest BCUT2D eigenvalue weighted by atomic mass is 9.87. The molecule has 0 spiro atoms. The van der Waals surface area contributed by atoms with Gasteiger partial charge in [-0.1, -0.05) is 38.1 Å². The van der Waals surface area contributed by atoms with Gasteiger partial charge in [0, 0.05) is 38.7 Å². The van der Waals surface area contributed by atoms with Gasteiger partial charge in [-0.25, -0.2) is 0 Å². The summed E-state index contributed by atoms with van der Waals surface area (Å²) in [5, 5.41) is 3.93. The monoisotopic (exact) mass is 399 g/mol. The molecule has 0 radical (unpaired) electrons. The van der Waals surface area contributed by atoms with Crippen LogP contribution >= 0.6 is 0 Å². The van der Waals surface area contributed by atoms with Crippen LogP contribution in [-0.4, -0.2) is 53.6 Å². The summed E-state index contributed by atoms with van der Waals surface area (Å²) in [4.78, 5) is 16.7. The van der Waals surface area contributed by atoms with E-state index in [-0.39, 0.29) is 11.3 Å². The molecular formula is C23H33N3O3. The molecule has 29 heavy (non-hydrogen) atoms. The number of aromatic nitrogens is 1. The number of amides is 1. The third kappa shape index (κ3) is 6.32. The van der Waals surface area contributed by atoms with Crippen LogP contribution in [-0.2, 0) is 16.8 Å². The summed E-state index contributed by atoms with van der Waals surface area (Å²) in [6.45, 7) is 13.1. The highest BCUT2D eigenvalue weighted by Crippen LogP contribution is 2.24. The lowest BCUT2D eigenvalue weighted by Gasteiger charge is -2.34. The van der Waals surface area contributed by atoms with E-state index >= 15 is 0 Å². The number of carbonyl (C=O) groups excluding carboxylic acids is 1. The summed E-state index contributed by atoms with van der Waals surface area (Å²) in [6.07, 6.45) is 1.26. The van der Waals surface area contributed by atoms with Crippen molar-refractivity contribution in [3.05, 3.63) is 47.3 Å². The van der Waals surface area contributed by atoms with Gasteiger partial charge in [0.05, 0.1) is 18.8 Å². The predicted octanol–water partition coefficient (Wildman–Crippen LogP) is 3.78. The van der Waals surface area contributed by atoms with E-state index < -0.39 is 0 Å². The summed E-state index contributed by atoms with van der Waals surface area (Å²) in [6, 6.07) is 10.2. The van der Waals surface area contributed by atoms with Crippen molar-refractivity contribution in [1.29, 1.82) is 0 Å².